The first kappa shape index (κ1) is 16.0. The number of carbonyl (C=O) groups excluding carboxylic acids is 2. The van der Waals surface area contributed by atoms with Crippen molar-refractivity contribution in [3.05, 3.63) is 48.0 Å². The average molecular weight is 329 g/mol. The van der Waals surface area contributed by atoms with Gasteiger partial charge in [-0.15, -0.1) is 0 Å². The van der Waals surface area contributed by atoms with Crippen LogP contribution in [-0.4, -0.2) is 35.4 Å². The van der Waals surface area contributed by atoms with Gasteiger partial charge in [0.05, 0.1) is 25.8 Å². The number of methoxy groups -OCH3 is 1. The van der Waals surface area contributed by atoms with Crippen LogP contribution in [-0.2, 0) is 22.7 Å². The van der Waals surface area contributed by atoms with Crippen LogP contribution in [0.3, 0.4) is 0 Å². The van der Waals surface area contributed by atoms with Gasteiger partial charge in [-0.05, 0) is 18.2 Å². The second-order valence-electron chi connectivity index (χ2n) is 5.64. The van der Waals surface area contributed by atoms with Gasteiger partial charge < -0.3 is 19.4 Å². The predicted octanol–water partition coefficient (Wildman–Crippen LogP) is 1.35. The van der Waals surface area contributed by atoms with Crippen LogP contribution in [0.15, 0.2) is 41.1 Å². The van der Waals surface area contributed by atoms with Crippen molar-refractivity contribution in [2.24, 2.45) is 5.92 Å². The highest BCUT2D eigenvalue weighted by molar-refractivity contribution is 5.89. The maximum atomic E-state index is 12.3. The number of likely N-dealkylation sites (tertiary alicyclic amines) is 1. The summed E-state index contributed by atoms with van der Waals surface area (Å²) in [5, 5.41) is 2.85. The molecule has 7 nitrogen and oxygen atoms in total. The van der Waals surface area contributed by atoms with Crippen molar-refractivity contribution in [2.45, 2.75) is 19.5 Å². The number of ether oxygens (including phenoxy) is 1. The third kappa shape index (κ3) is 3.56. The molecule has 7 heteroatoms. The van der Waals surface area contributed by atoms with E-state index in [1.807, 2.05) is 12.1 Å². The lowest BCUT2D eigenvalue weighted by Gasteiger charge is -2.15. The molecular weight excluding hydrogens is 310 g/mol. The molecule has 2 amide bonds. The van der Waals surface area contributed by atoms with Crippen LogP contribution in [0.1, 0.15) is 17.7 Å². The van der Waals surface area contributed by atoms with E-state index in [9.17, 15) is 9.59 Å². The summed E-state index contributed by atoms with van der Waals surface area (Å²) in [6.07, 6.45) is 3.42. The third-order valence-corrected chi connectivity index (χ3v) is 4.01. The Morgan fingerprint density at radius 2 is 2.33 bits per heavy atom. The summed E-state index contributed by atoms with van der Waals surface area (Å²) in [7, 11) is 1.54. The zero-order valence-corrected chi connectivity index (χ0v) is 13.4. The molecule has 2 aromatic rings. The quantitative estimate of drug-likeness (QED) is 0.865. The predicted molar refractivity (Wildman–Crippen MR) is 84.9 cm³/mol. The molecular formula is C17H19N3O4. The molecule has 0 saturated carbocycles. The summed E-state index contributed by atoms with van der Waals surface area (Å²) in [6, 6.07) is 7.22. The smallest absolute Gasteiger partial charge is 0.225 e. The molecule has 0 unspecified atom stereocenters. The average Bonchev–Trinajstić information content (AvgIpc) is 3.23. The molecule has 1 N–H and O–H groups in total. The van der Waals surface area contributed by atoms with Crippen molar-refractivity contribution in [1.82, 2.24) is 15.2 Å². The lowest BCUT2D eigenvalue weighted by atomic mass is 10.1. The monoisotopic (exact) mass is 329 g/mol. The number of furan rings is 1. The fourth-order valence-corrected chi connectivity index (χ4v) is 2.76. The summed E-state index contributed by atoms with van der Waals surface area (Å²) in [4.78, 5) is 30.1. The van der Waals surface area contributed by atoms with Gasteiger partial charge in [-0.2, -0.15) is 0 Å². The molecule has 0 aromatic carbocycles. The number of nitrogens with one attached hydrogen (secondary N) is 1. The van der Waals surface area contributed by atoms with Gasteiger partial charge in [0.2, 0.25) is 17.7 Å². The number of nitrogens with zero attached hydrogens (tertiary/aromatic N) is 2. The molecule has 0 aliphatic carbocycles. The highest BCUT2D eigenvalue weighted by Gasteiger charge is 2.34. The van der Waals surface area contributed by atoms with E-state index in [-0.39, 0.29) is 24.2 Å². The van der Waals surface area contributed by atoms with Crippen LogP contribution >= 0.6 is 0 Å². The van der Waals surface area contributed by atoms with Crippen molar-refractivity contribution in [3.8, 4) is 5.88 Å². The van der Waals surface area contributed by atoms with Crippen LogP contribution in [0.5, 0.6) is 5.88 Å². The second kappa shape index (κ2) is 7.16. The molecule has 126 valence electrons. The Bertz CT molecular complexity index is 714. The van der Waals surface area contributed by atoms with Crippen LogP contribution < -0.4 is 10.1 Å². The fraction of sp³-hybridized carbons (Fsp3) is 0.353. The molecule has 1 aliphatic rings. The first-order valence-corrected chi connectivity index (χ1v) is 7.73. The minimum Gasteiger partial charge on any atom is -0.481 e. The number of aromatic nitrogens is 1. The van der Waals surface area contributed by atoms with E-state index in [0.29, 0.717) is 31.3 Å². The summed E-state index contributed by atoms with van der Waals surface area (Å²) >= 11 is 0. The van der Waals surface area contributed by atoms with Gasteiger partial charge >= 0.3 is 0 Å². The Labute approximate surface area is 139 Å². The SMILES string of the molecule is COc1ncccc1CNC(=O)[C@@H]1CC(=O)N(Cc2ccco2)C1. The molecule has 1 atom stereocenters. The van der Waals surface area contributed by atoms with Gasteiger partial charge in [0.15, 0.2) is 0 Å². The van der Waals surface area contributed by atoms with Crippen molar-refractivity contribution >= 4 is 11.8 Å². The molecule has 3 rings (SSSR count). The number of amides is 2. The van der Waals surface area contributed by atoms with E-state index in [4.69, 9.17) is 9.15 Å². The fourth-order valence-electron chi connectivity index (χ4n) is 2.76. The molecule has 2 aromatic heterocycles. The lowest BCUT2D eigenvalue weighted by molar-refractivity contribution is -0.129. The maximum absolute atomic E-state index is 12.3. The van der Waals surface area contributed by atoms with E-state index in [1.54, 1.807) is 29.5 Å². The zero-order chi connectivity index (χ0) is 16.9. The molecule has 24 heavy (non-hydrogen) atoms. The number of carbonyl (C=O) groups is 2. The zero-order valence-electron chi connectivity index (χ0n) is 13.4. The van der Waals surface area contributed by atoms with Gasteiger partial charge in [-0.25, -0.2) is 4.98 Å². The minimum atomic E-state index is -0.352. The molecule has 0 bridgehead atoms. The first-order valence-electron chi connectivity index (χ1n) is 7.73. The van der Waals surface area contributed by atoms with Gasteiger partial charge in [-0.3, -0.25) is 9.59 Å². The molecule has 0 spiro atoms. The largest absolute Gasteiger partial charge is 0.481 e. The van der Waals surface area contributed by atoms with Crippen LogP contribution in [0, 0.1) is 5.92 Å². The topological polar surface area (TPSA) is 84.7 Å². The first-order chi connectivity index (χ1) is 11.7. The van der Waals surface area contributed by atoms with Crippen molar-refractivity contribution in [2.75, 3.05) is 13.7 Å². The maximum Gasteiger partial charge on any atom is 0.225 e. The van der Waals surface area contributed by atoms with Crippen LogP contribution in [0.2, 0.25) is 0 Å². The standard InChI is InChI=1S/C17H19N3O4/c1-23-17-12(4-2-6-18-17)9-19-16(22)13-8-15(21)20(10-13)11-14-5-3-7-24-14/h2-7,13H,8-11H2,1H3,(H,19,22)/t13-/m1/s1. The van der Waals surface area contributed by atoms with Crippen LogP contribution in [0.4, 0.5) is 0 Å². The van der Waals surface area contributed by atoms with Crippen LogP contribution in [0.25, 0.3) is 0 Å². The number of hydrogen-bond donors (Lipinski definition) is 1. The third-order valence-electron chi connectivity index (χ3n) is 4.01. The molecule has 1 fully saturated rings. The van der Waals surface area contributed by atoms with E-state index in [0.717, 1.165) is 5.56 Å². The Kier molecular flexibility index (Phi) is 4.79. The van der Waals surface area contributed by atoms with E-state index < -0.39 is 0 Å². The van der Waals surface area contributed by atoms with Gasteiger partial charge in [0, 0.05) is 31.3 Å². The van der Waals surface area contributed by atoms with E-state index in [1.165, 1.54) is 7.11 Å². The normalized spacial score (nSPS) is 17.1. The Morgan fingerprint density at radius 1 is 1.46 bits per heavy atom. The van der Waals surface area contributed by atoms with Gasteiger partial charge in [0.25, 0.3) is 0 Å². The van der Waals surface area contributed by atoms with Gasteiger partial charge in [0.1, 0.15) is 5.76 Å². The summed E-state index contributed by atoms with van der Waals surface area (Å²) in [6.45, 7) is 1.11. The number of rotatable bonds is 6. The second-order valence-corrected chi connectivity index (χ2v) is 5.64. The summed E-state index contributed by atoms with van der Waals surface area (Å²) in [5.74, 6) is 0.668. The highest BCUT2D eigenvalue weighted by atomic mass is 16.5. The molecule has 3 heterocycles. The van der Waals surface area contributed by atoms with Crippen molar-refractivity contribution in [1.29, 1.82) is 0 Å². The van der Waals surface area contributed by atoms with Gasteiger partial charge in [-0.1, -0.05) is 6.07 Å². The summed E-state index contributed by atoms with van der Waals surface area (Å²) < 4.78 is 10.4. The Balaban J connectivity index is 1.55. The molecule has 0 radical (unpaired) electrons. The lowest BCUT2D eigenvalue weighted by Crippen LogP contribution is -2.32. The molecule has 1 saturated heterocycles. The minimum absolute atomic E-state index is 0.0366. The number of pyridine rings is 1. The van der Waals surface area contributed by atoms with E-state index >= 15 is 0 Å². The highest BCUT2D eigenvalue weighted by Crippen LogP contribution is 2.21. The molecule has 1 aliphatic heterocycles. The number of hydrogen-bond acceptors (Lipinski definition) is 5. The van der Waals surface area contributed by atoms with Crippen molar-refractivity contribution < 1.29 is 18.7 Å². The Hall–Kier alpha value is -2.83. The van der Waals surface area contributed by atoms with Crippen molar-refractivity contribution in [3.63, 3.8) is 0 Å². The Morgan fingerprint density at radius 3 is 3.08 bits per heavy atom. The summed E-state index contributed by atoms with van der Waals surface area (Å²) in [5.41, 5.74) is 0.796. The van der Waals surface area contributed by atoms with E-state index in [2.05, 4.69) is 10.3 Å².